The van der Waals surface area contributed by atoms with Crippen LogP contribution in [0.15, 0.2) is 24.3 Å². The van der Waals surface area contributed by atoms with Crippen LogP contribution in [0.3, 0.4) is 0 Å². The fourth-order valence-corrected chi connectivity index (χ4v) is 3.32. The zero-order chi connectivity index (χ0) is 22.5. The first kappa shape index (κ1) is 21.9. The second-order valence-electron chi connectivity index (χ2n) is 6.91. The Bertz CT molecular complexity index is 1110. The van der Waals surface area contributed by atoms with Crippen molar-refractivity contribution >= 4 is 23.1 Å². The van der Waals surface area contributed by atoms with Gasteiger partial charge >= 0.3 is 0 Å². The molecule has 0 nitrogen and oxygen atoms in total. The Morgan fingerprint density at radius 3 is 1.33 bits per heavy atom. The molecule has 3 aromatic carbocycles. The van der Waals surface area contributed by atoms with Gasteiger partial charge in [-0.15, -0.1) is 0 Å². The van der Waals surface area contributed by atoms with Crippen molar-refractivity contribution in [2.45, 2.75) is 20.8 Å². The molecule has 9 heteroatoms. The summed E-state index contributed by atoms with van der Waals surface area (Å²) >= 11 is 0. The summed E-state index contributed by atoms with van der Waals surface area (Å²) in [4.78, 5) is 0. The molecule has 0 aromatic heterocycles. The van der Waals surface area contributed by atoms with Crippen LogP contribution in [0, 0.1) is 67.3 Å². The van der Waals surface area contributed by atoms with Gasteiger partial charge in [-0.3, -0.25) is 0 Å². The van der Waals surface area contributed by atoms with E-state index in [0.717, 1.165) is 26.0 Å². The van der Waals surface area contributed by atoms with Gasteiger partial charge < -0.3 is 0 Å². The van der Waals surface area contributed by atoms with Crippen molar-refractivity contribution in [3.8, 4) is 0 Å². The molecule has 0 aliphatic heterocycles. The lowest BCUT2D eigenvalue weighted by molar-refractivity contribution is 0.539. The minimum atomic E-state index is -2.33. The van der Waals surface area contributed by atoms with E-state index in [-0.39, 0.29) is 17.7 Å². The standard InChI is InChI=1S/C21H13BF8/c1-8-4-5-11(23)16(19(8)28)22(17-14(26)6-12(24)9(2)20(17)29)18-15(27)7-13(25)10(3)21(18)30/h4-7H,1-3H3. The van der Waals surface area contributed by atoms with Gasteiger partial charge in [-0.25, -0.2) is 35.1 Å². The third kappa shape index (κ3) is 3.36. The molecule has 0 saturated heterocycles. The van der Waals surface area contributed by atoms with E-state index in [1.165, 1.54) is 6.92 Å². The maximum absolute atomic E-state index is 14.9. The van der Waals surface area contributed by atoms with Crippen molar-refractivity contribution < 1.29 is 35.1 Å². The average Bonchev–Trinajstić information content (AvgIpc) is 2.67. The van der Waals surface area contributed by atoms with Gasteiger partial charge in [-0.05, 0) is 32.4 Å². The van der Waals surface area contributed by atoms with Gasteiger partial charge in [0.25, 0.3) is 6.71 Å². The zero-order valence-electron chi connectivity index (χ0n) is 15.9. The van der Waals surface area contributed by atoms with Gasteiger partial charge in [0.05, 0.1) is 0 Å². The number of hydrogen-bond donors (Lipinski definition) is 0. The van der Waals surface area contributed by atoms with E-state index in [9.17, 15) is 35.1 Å². The number of hydrogen-bond acceptors (Lipinski definition) is 0. The van der Waals surface area contributed by atoms with Crippen LogP contribution >= 0.6 is 0 Å². The summed E-state index contributed by atoms with van der Waals surface area (Å²) in [6, 6.07) is 2.28. The van der Waals surface area contributed by atoms with E-state index in [1.54, 1.807) is 0 Å². The fraction of sp³-hybridized carbons (Fsp3) is 0.143. The molecule has 0 spiro atoms. The molecule has 0 bridgehead atoms. The molecule has 0 N–H and O–H groups in total. The van der Waals surface area contributed by atoms with E-state index < -0.39 is 80.8 Å². The largest absolute Gasteiger partial charge is 0.264 e. The van der Waals surface area contributed by atoms with Crippen molar-refractivity contribution in [2.24, 2.45) is 0 Å². The maximum Gasteiger partial charge on any atom is 0.264 e. The Labute approximate surface area is 167 Å². The minimum Gasteiger partial charge on any atom is -0.207 e. The number of rotatable bonds is 3. The first-order valence-corrected chi connectivity index (χ1v) is 8.69. The highest BCUT2D eigenvalue weighted by atomic mass is 19.2. The maximum atomic E-state index is 14.9. The Balaban J connectivity index is 2.54. The smallest absolute Gasteiger partial charge is 0.207 e. The van der Waals surface area contributed by atoms with Crippen molar-refractivity contribution in [1.82, 2.24) is 0 Å². The van der Waals surface area contributed by atoms with Crippen molar-refractivity contribution in [1.29, 1.82) is 0 Å². The van der Waals surface area contributed by atoms with Gasteiger partial charge in [0.2, 0.25) is 0 Å². The molecule has 0 radical (unpaired) electrons. The van der Waals surface area contributed by atoms with Gasteiger partial charge in [-0.1, -0.05) is 6.07 Å². The molecule has 0 aliphatic carbocycles. The van der Waals surface area contributed by atoms with Crippen LogP contribution in [0.1, 0.15) is 16.7 Å². The second-order valence-corrected chi connectivity index (χ2v) is 6.91. The first-order valence-electron chi connectivity index (χ1n) is 8.69. The molecule has 0 heterocycles. The molecule has 0 amide bonds. The Morgan fingerprint density at radius 2 is 0.900 bits per heavy atom. The predicted octanol–water partition coefficient (Wildman–Crippen LogP) is 4.24. The zero-order valence-corrected chi connectivity index (χ0v) is 15.9. The SMILES string of the molecule is Cc1ccc(F)c(B(c2c(F)cc(F)c(C)c2F)c2c(F)cc(F)c(C)c2F)c1F. The van der Waals surface area contributed by atoms with Crippen molar-refractivity contribution in [3.63, 3.8) is 0 Å². The van der Waals surface area contributed by atoms with Crippen molar-refractivity contribution in [2.75, 3.05) is 0 Å². The molecule has 3 rings (SSSR count). The predicted molar refractivity (Wildman–Crippen MR) is 97.9 cm³/mol. The lowest BCUT2D eigenvalue weighted by Crippen LogP contribution is -2.59. The number of benzene rings is 3. The average molecular weight is 428 g/mol. The number of halogens is 8. The van der Waals surface area contributed by atoms with Crippen LogP contribution in [0.4, 0.5) is 35.1 Å². The summed E-state index contributed by atoms with van der Waals surface area (Å²) in [5.74, 6) is -11.6. The summed E-state index contributed by atoms with van der Waals surface area (Å²) < 4.78 is 116. The lowest BCUT2D eigenvalue weighted by atomic mass is 9.35. The molecule has 0 aliphatic rings. The van der Waals surface area contributed by atoms with Gasteiger partial charge in [-0.2, -0.15) is 0 Å². The van der Waals surface area contributed by atoms with Gasteiger partial charge in [0, 0.05) is 39.6 Å². The van der Waals surface area contributed by atoms with E-state index >= 15 is 0 Å². The summed E-state index contributed by atoms with van der Waals surface area (Å²) in [6.45, 7) is 0.732. The lowest BCUT2D eigenvalue weighted by Gasteiger charge is -2.22. The Hall–Kier alpha value is -2.84. The van der Waals surface area contributed by atoms with Crippen LogP contribution in [0.2, 0.25) is 0 Å². The first-order chi connectivity index (χ1) is 14.0. The molecule has 3 aromatic rings. The monoisotopic (exact) mass is 428 g/mol. The normalized spacial score (nSPS) is 11.2. The van der Waals surface area contributed by atoms with Crippen molar-refractivity contribution in [3.05, 3.63) is 87.5 Å². The highest BCUT2D eigenvalue weighted by molar-refractivity contribution is 6.95. The summed E-state index contributed by atoms with van der Waals surface area (Å²) in [5, 5.41) is 0. The highest BCUT2D eigenvalue weighted by Crippen LogP contribution is 2.18. The van der Waals surface area contributed by atoms with Gasteiger partial charge in [0.15, 0.2) is 0 Å². The molecule has 0 saturated carbocycles. The quantitative estimate of drug-likeness (QED) is 0.433. The molecule has 0 unspecified atom stereocenters. The third-order valence-electron chi connectivity index (χ3n) is 5.06. The Kier molecular flexibility index (Phi) is 5.67. The van der Waals surface area contributed by atoms with Gasteiger partial charge in [0.1, 0.15) is 46.5 Å². The number of aryl methyl sites for hydroxylation is 1. The van der Waals surface area contributed by atoms with E-state index in [1.807, 2.05) is 0 Å². The van der Waals surface area contributed by atoms with E-state index in [4.69, 9.17) is 0 Å². The van der Waals surface area contributed by atoms with Crippen LogP contribution in [-0.4, -0.2) is 6.71 Å². The molecular formula is C21H13BF8. The highest BCUT2D eigenvalue weighted by Gasteiger charge is 2.39. The summed E-state index contributed by atoms with van der Waals surface area (Å²) in [5.41, 5.74) is -4.99. The van der Waals surface area contributed by atoms with Crippen LogP contribution in [0.5, 0.6) is 0 Å². The molecule has 0 fully saturated rings. The summed E-state index contributed by atoms with van der Waals surface area (Å²) in [6.07, 6.45) is 0. The molecular weight excluding hydrogens is 415 g/mol. The molecule has 30 heavy (non-hydrogen) atoms. The van der Waals surface area contributed by atoms with E-state index in [2.05, 4.69) is 0 Å². The van der Waals surface area contributed by atoms with E-state index in [0.29, 0.717) is 0 Å². The minimum absolute atomic E-state index is 0.171. The second kappa shape index (κ2) is 7.77. The molecule has 156 valence electrons. The van der Waals surface area contributed by atoms with Crippen LogP contribution in [-0.2, 0) is 0 Å². The topological polar surface area (TPSA) is 0 Å². The molecule has 0 atom stereocenters. The van der Waals surface area contributed by atoms with Crippen LogP contribution < -0.4 is 16.4 Å². The van der Waals surface area contributed by atoms with Crippen LogP contribution in [0.25, 0.3) is 0 Å². The third-order valence-corrected chi connectivity index (χ3v) is 5.06. The Morgan fingerprint density at radius 1 is 0.500 bits per heavy atom. The fourth-order valence-electron chi connectivity index (χ4n) is 3.32. The summed E-state index contributed by atoms with van der Waals surface area (Å²) in [7, 11) is 0.